The smallest absolute Gasteiger partial charge is 0.136 e. The maximum atomic E-state index is 6.61. The lowest BCUT2D eigenvalue weighted by atomic mass is 9.67. The number of rotatable bonds is 6. The second-order valence-corrected chi connectivity index (χ2v) is 15.1. The Bertz CT molecular complexity index is 2990. The minimum atomic E-state index is -0.465. The molecule has 11 rings (SSSR count). The second-order valence-electron chi connectivity index (χ2n) is 15.1. The third-order valence-electron chi connectivity index (χ3n) is 12.0. The van der Waals surface area contributed by atoms with Crippen LogP contribution in [-0.2, 0) is 5.41 Å². The van der Waals surface area contributed by atoms with E-state index in [1.807, 2.05) is 6.07 Å². The van der Waals surface area contributed by atoms with Gasteiger partial charge in [-0.2, -0.15) is 0 Å². The van der Waals surface area contributed by atoms with Gasteiger partial charge in [0.1, 0.15) is 17.0 Å². The molecule has 8 aromatic carbocycles. The fourth-order valence-corrected chi connectivity index (χ4v) is 9.44. The Kier molecular flexibility index (Phi) is 7.68. The van der Waals surface area contributed by atoms with Crippen molar-refractivity contribution in [2.45, 2.75) is 18.4 Å². The number of hydrogen-bond acceptors (Lipinski definition) is 3. The molecular formula is C54H38N2O. The Morgan fingerprint density at radius 3 is 1.82 bits per heavy atom. The molecule has 270 valence electrons. The lowest BCUT2D eigenvalue weighted by Crippen LogP contribution is -2.33. The van der Waals surface area contributed by atoms with Crippen LogP contribution in [0.3, 0.4) is 0 Å². The summed E-state index contributed by atoms with van der Waals surface area (Å²) in [4.78, 5) is 5.37. The Morgan fingerprint density at radius 1 is 0.491 bits per heavy atom. The van der Waals surface area contributed by atoms with Gasteiger partial charge in [0.05, 0.1) is 17.2 Å². The summed E-state index contributed by atoms with van der Waals surface area (Å²) in [5.74, 6) is 0.856. The van der Waals surface area contributed by atoms with Crippen molar-refractivity contribution in [1.29, 1.82) is 0 Å². The van der Waals surface area contributed by atoms with Crippen molar-refractivity contribution in [1.82, 2.24) is 5.32 Å². The minimum absolute atomic E-state index is 0.0390. The van der Waals surface area contributed by atoms with E-state index in [4.69, 9.17) is 9.41 Å². The van der Waals surface area contributed by atoms with Crippen LogP contribution < -0.4 is 5.32 Å². The van der Waals surface area contributed by atoms with Crippen LogP contribution >= 0.6 is 0 Å². The van der Waals surface area contributed by atoms with Crippen LogP contribution in [0.25, 0.3) is 49.9 Å². The molecule has 9 aromatic rings. The molecule has 1 aliphatic heterocycles. The molecule has 1 unspecified atom stereocenters. The molecule has 1 N–H and O–H groups in total. The van der Waals surface area contributed by atoms with Crippen LogP contribution in [0.4, 0.5) is 0 Å². The zero-order valence-electron chi connectivity index (χ0n) is 31.5. The van der Waals surface area contributed by atoms with Gasteiger partial charge in [-0.05, 0) is 86.8 Å². The summed E-state index contributed by atoms with van der Waals surface area (Å²) in [6.45, 7) is 2.20. The zero-order chi connectivity index (χ0) is 37.9. The van der Waals surface area contributed by atoms with Crippen LogP contribution in [0, 0.1) is 0 Å². The first kappa shape index (κ1) is 33.1. The van der Waals surface area contributed by atoms with Crippen LogP contribution in [0.1, 0.15) is 51.9 Å². The van der Waals surface area contributed by atoms with Gasteiger partial charge in [0, 0.05) is 21.9 Å². The fourth-order valence-electron chi connectivity index (χ4n) is 9.44. The van der Waals surface area contributed by atoms with Crippen molar-refractivity contribution >= 4 is 33.5 Å². The van der Waals surface area contributed by atoms with E-state index in [9.17, 15) is 0 Å². The topological polar surface area (TPSA) is 37.5 Å². The van der Waals surface area contributed by atoms with Crippen molar-refractivity contribution < 1.29 is 4.42 Å². The molecule has 0 radical (unpaired) electrons. The lowest BCUT2D eigenvalue weighted by molar-refractivity contribution is 0.669. The molecule has 0 fully saturated rings. The molecule has 1 aromatic heterocycles. The van der Waals surface area contributed by atoms with E-state index in [2.05, 4.69) is 206 Å². The van der Waals surface area contributed by atoms with E-state index >= 15 is 0 Å². The molecule has 0 bridgehead atoms. The molecule has 0 spiro atoms. The molecule has 0 amide bonds. The molecule has 2 aliphatic rings. The normalized spacial score (nSPS) is 15.6. The summed E-state index contributed by atoms with van der Waals surface area (Å²) in [6, 6.07) is 72.0. The predicted octanol–water partition coefficient (Wildman–Crippen LogP) is 13.1. The largest absolute Gasteiger partial charge is 0.456 e. The van der Waals surface area contributed by atoms with Crippen molar-refractivity contribution in [3.8, 4) is 22.3 Å². The molecule has 0 saturated carbocycles. The zero-order valence-corrected chi connectivity index (χ0v) is 31.5. The van der Waals surface area contributed by atoms with E-state index < -0.39 is 5.41 Å². The van der Waals surface area contributed by atoms with E-state index in [-0.39, 0.29) is 6.04 Å². The maximum Gasteiger partial charge on any atom is 0.136 e. The predicted molar refractivity (Wildman–Crippen MR) is 234 cm³/mol. The number of nitrogens with one attached hydrogen (secondary N) is 1. The van der Waals surface area contributed by atoms with E-state index in [0.717, 1.165) is 61.3 Å². The molecule has 1 atom stereocenters. The number of amidine groups is 1. The van der Waals surface area contributed by atoms with Gasteiger partial charge in [0.25, 0.3) is 0 Å². The highest BCUT2D eigenvalue weighted by Crippen LogP contribution is 2.56. The van der Waals surface area contributed by atoms with Gasteiger partial charge in [-0.3, -0.25) is 0 Å². The maximum absolute atomic E-state index is 6.61. The van der Waals surface area contributed by atoms with Crippen molar-refractivity contribution in [3.05, 3.63) is 245 Å². The fraction of sp³-hybridized carbons (Fsp3) is 0.0556. The molecule has 0 saturated heterocycles. The van der Waals surface area contributed by atoms with Crippen molar-refractivity contribution in [2.24, 2.45) is 4.99 Å². The van der Waals surface area contributed by atoms with E-state index in [1.54, 1.807) is 0 Å². The summed E-state index contributed by atoms with van der Waals surface area (Å²) in [5, 5.41) is 5.92. The summed E-state index contributed by atoms with van der Waals surface area (Å²) in [5.41, 5.74) is 16.7. The highest BCUT2D eigenvalue weighted by atomic mass is 16.3. The Morgan fingerprint density at radius 2 is 1.09 bits per heavy atom. The van der Waals surface area contributed by atoms with Gasteiger partial charge in [-0.15, -0.1) is 0 Å². The molecule has 1 aliphatic carbocycles. The summed E-state index contributed by atoms with van der Waals surface area (Å²) in [7, 11) is 0. The number of aliphatic imine (C=N–C) groups is 1. The number of hydrogen-bond donors (Lipinski definition) is 1. The highest BCUT2D eigenvalue weighted by Gasteiger charge is 2.46. The van der Waals surface area contributed by atoms with Crippen LogP contribution in [0.15, 0.2) is 215 Å². The van der Waals surface area contributed by atoms with Gasteiger partial charge in [-0.25, -0.2) is 4.99 Å². The van der Waals surface area contributed by atoms with Crippen LogP contribution in [0.5, 0.6) is 0 Å². The van der Waals surface area contributed by atoms with Crippen molar-refractivity contribution in [2.75, 3.05) is 0 Å². The van der Waals surface area contributed by atoms with Gasteiger partial charge in [0.15, 0.2) is 0 Å². The standard InChI is InChI=1S/C54H38N2O/c1-35-51(36-17-6-2-7-18-36)55-53(37-19-8-3-9-20-37)56-52(35)44-26-16-28-49-50(44)45-33-38(30-32-48(45)57-49)39-29-31-43-42-25-14-15-27-46(42)54(47(43)34-39,40-21-10-4-11-22-40)41-23-12-5-13-24-41/h2-34,51H,1H3,(H,55,56). The average molecular weight is 731 g/mol. The van der Waals surface area contributed by atoms with Crippen LogP contribution in [-0.4, -0.2) is 5.84 Å². The quantitative estimate of drug-likeness (QED) is 0.185. The molecule has 57 heavy (non-hydrogen) atoms. The van der Waals surface area contributed by atoms with Gasteiger partial charge in [-0.1, -0.05) is 176 Å². The Balaban J connectivity index is 1.11. The van der Waals surface area contributed by atoms with Crippen LogP contribution in [0.2, 0.25) is 0 Å². The molecule has 3 heteroatoms. The summed E-state index contributed by atoms with van der Waals surface area (Å²) < 4.78 is 6.61. The SMILES string of the molecule is CC1=C(c2cccc3oc4ccc(-c5ccc6c(c5)C(c5ccccc5)(c5ccccc5)c5ccccc5-6)cc4c23)N=C(c2ccccc2)NC1c1ccccc1. The average Bonchev–Trinajstić information content (AvgIpc) is 3.81. The lowest BCUT2D eigenvalue weighted by Gasteiger charge is -2.34. The number of fused-ring (bicyclic) bond motifs is 6. The summed E-state index contributed by atoms with van der Waals surface area (Å²) in [6.07, 6.45) is 0. The third kappa shape index (κ3) is 5.16. The van der Waals surface area contributed by atoms with Gasteiger partial charge < -0.3 is 9.73 Å². The second kappa shape index (κ2) is 13.2. The van der Waals surface area contributed by atoms with E-state index in [1.165, 1.54) is 38.9 Å². The minimum Gasteiger partial charge on any atom is -0.456 e. The first-order chi connectivity index (χ1) is 28.2. The first-order valence-corrected chi connectivity index (χ1v) is 19.7. The number of nitrogens with zero attached hydrogens (tertiary/aromatic N) is 1. The van der Waals surface area contributed by atoms with Gasteiger partial charge in [0.2, 0.25) is 0 Å². The van der Waals surface area contributed by atoms with Gasteiger partial charge >= 0.3 is 0 Å². The number of benzene rings is 8. The molecular weight excluding hydrogens is 693 g/mol. The first-order valence-electron chi connectivity index (χ1n) is 19.7. The highest BCUT2D eigenvalue weighted by molar-refractivity contribution is 6.13. The van der Waals surface area contributed by atoms with E-state index in [0.29, 0.717) is 0 Å². The molecule has 2 heterocycles. The Labute approximate surface area is 332 Å². The Hall–Kier alpha value is -7.23. The third-order valence-corrected chi connectivity index (χ3v) is 12.0. The van der Waals surface area contributed by atoms with Crippen molar-refractivity contribution in [3.63, 3.8) is 0 Å². The monoisotopic (exact) mass is 730 g/mol. The molecule has 3 nitrogen and oxygen atoms in total. The summed E-state index contributed by atoms with van der Waals surface area (Å²) >= 11 is 0. The number of furan rings is 1.